The number of carbonyl (C=O) groups is 1. The van der Waals surface area contributed by atoms with E-state index in [2.05, 4.69) is 5.32 Å². The molecule has 1 saturated carbocycles. The summed E-state index contributed by atoms with van der Waals surface area (Å²) in [5, 5.41) is 11.8. The SMILES string of the molecule is CC(O)CCNC(=O)C1CC1c1cccc(F)c1F. The van der Waals surface area contributed by atoms with Crippen molar-refractivity contribution >= 4 is 5.91 Å². The molecule has 0 spiro atoms. The predicted molar refractivity (Wildman–Crippen MR) is 66.5 cm³/mol. The minimum absolute atomic E-state index is 0.158. The maximum absolute atomic E-state index is 13.5. The molecule has 1 fully saturated rings. The first-order valence-electron chi connectivity index (χ1n) is 6.40. The van der Waals surface area contributed by atoms with Gasteiger partial charge < -0.3 is 10.4 Å². The molecular formula is C14H17F2NO2. The van der Waals surface area contributed by atoms with Crippen molar-refractivity contribution in [3.8, 4) is 0 Å². The maximum atomic E-state index is 13.5. The van der Waals surface area contributed by atoms with Gasteiger partial charge in [-0.15, -0.1) is 0 Å². The van der Waals surface area contributed by atoms with Crippen LogP contribution in [0.15, 0.2) is 18.2 Å². The molecule has 2 rings (SSSR count). The lowest BCUT2D eigenvalue weighted by molar-refractivity contribution is -0.122. The van der Waals surface area contributed by atoms with Crippen LogP contribution < -0.4 is 5.32 Å². The van der Waals surface area contributed by atoms with Crippen molar-refractivity contribution in [1.82, 2.24) is 5.32 Å². The summed E-state index contributed by atoms with van der Waals surface area (Å²) in [5.74, 6) is -2.41. The van der Waals surface area contributed by atoms with Gasteiger partial charge in [0.1, 0.15) is 0 Å². The second-order valence-electron chi connectivity index (χ2n) is 5.02. The Labute approximate surface area is 110 Å². The van der Waals surface area contributed by atoms with Crippen molar-refractivity contribution in [2.45, 2.75) is 31.8 Å². The number of aliphatic hydroxyl groups is 1. The average Bonchev–Trinajstić information content (AvgIpc) is 3.12. The average molecular weight is 269 g/mol. The van der Waals surface area contributed by atoms with Crippen LogP contribution in [0, 0.1) is 17.6 Å². The number of rotatable bonds is 5. The monoisotopic (exact) mass is 269 g/mol. The summed E-state index contributed by atoms with van der Waals surface area (Å²) >= 11 is 0. The first-order chi connectivity index (χ1) is 9.00. The van der Waals surface area contributed by atoms with E-state index in [1.807, 2.05) is 0 Å². The fourth-order valence-electron chi connectivity index (χ4n) is 2.17. The lowest BCUT2D eigenvalue weighted by Crippen LogP contribution is -2.28. The van der Waals surface area contributed by atoms with Gasteiger partial charge in [0.05, 0.1) is 6.10 Å². The summed E-state index contributed by atoms with van der Waals surface area (Å²) in [5.41, 5.74) is 0.274. The van der Waals surface area contributed by atoms with Crippen molar-refractivity contribution in [3.63, 3.8) is 0 Å². The number of nitrogens with one attached hydrogen (secondary N) is 1. The summed E-state index contributed by atoms with van der Waals surface area (Å²) in [6, 6.07) is 4.04. The Morgan fingerprint density at radius 3 is 2.95 bits per heavy atom. The number of halogens is 2. The molecule has 1 amide bonds. The molecule has 19 heavy (non-hydrogen) atoms. The fourth-order valence-corrected chi connectivity index (χ4v) is 2.17. The molecule has 0 radical (unpaired) electrons. The lowest BCUT2D eigenvalue weighted by atomic mass is 10.1. The smallest absolute Gasteiger partial charge is 0.223 e. The molecule has 104 valence electrons. The van der Waals surface area contributed by atoms with E-state index in [1.54, 1.807) is 6.92 Å². The summed E-state index contributed by atoms with van der Waals surface area (Å²) < 4.78 is 26.6. The molecular weight excluding hydrogens is 252 g/mol. The van der Waals surface area contributed by atoms with Gasteiger partial charge in [-0.1, -0.05) is 12.1 Å². The van der Waals surface area contributed by atoms with Crippen LogP contribution in [0.1, 0.15) is 31.2 Å². The molecule has 0 bridgehead atoms. The van der Waals surface area contributed by atoms with Gasteiger partial charge in [0.25, 0.3) is 0 Å². The number of carbonyl (C=O) groups excluding carboxylic acids is 1. The number of aliphatic hydroxyl groups excluding tert-OH is 1. The fraction of sp³-hybridized carbons (Fsp3) is 0.500. The predicted octanol–water partition coefficient (Wildman–Crippen LogP) is 1.96. The first kappa shape index (κ1) is 13.9. The first-order valence-corrected chi connectivity index (χ1v) is 6.40. The molecule has 5 heteroatoms. The second kappa shape index (κ2) is 5.65. The van der Waals surface area contributed by atoms with Crippen molar-refractivity contribution in [1.29, 1.82) is 0 Å². The second-order valence-corrected chi connectivity index (χ2v) is 5.02. The minimum atomic E-state index is -0.877. The van der Waals surface area contributed by atoms with Gasteiger partial charge in [-0.2, -0.15) is 0 Å². The normalized spacial score (nSPS) is 22.9. The minimum Gasteiger partial charge on any atom is -0.393 e. The van der Waals surface area contributed by atoms with Gasteiger partial charge >= 0.3 is 0 Å². The Morgan fingerprint density at radius 1 is 1.53 bits per heavy atom. The van der Waals surface area contributed by atoms with Gasteiger partial charge in [0.15, 0.2) is 11.6 Å². The lowest BCUT2D eigenvalue weighted by Gasteiger charge is -2.07. The third kappa shape index (κ3) is 3.29. The van der Waals surface area contributed by atoms with Gasteiger partial charge in [0.2, 0.25) is 5.91 Å². The molecule has 0 aliphatic heterocycles. The molecule has 1 aliphatic rings. The van der Waals surface area contributed by atoms with Crippen LogP contribution in [0.2, 0.25) is 0 Å². The third-order valence-electron chi connectivity index (χ3n) is 3.37. The van der Waals surface area contributed by atoms with Crippen LogP contribution in [0.3, 0.4) is 0 Å². The highest BCUT2D eigenvalue weighted by molar-refractivity contribution is 5.82. The largest absolute Gasteiger partial charge is 0.393 e. The van der Waals surface area contributed by atoms with E-state index in [4.69, 9.17) is 5.11 Å². The van der Waals surface area contributed by atoms with Gasteiger partial charge in [0, 0.05) is 12.5 Å². The summed E-state index contributed by atoms with van der Waals surface area (Å²) in [6.45, 7) is 2.04. The van der Waals surface area contributed by atoms with Crippen molar-refractivity contribution in [2.75, 3.05) is 6.54 Å². The zero-order valence-electron chi connectivity index (χ0n) is 10.7. The van der Waals surface area contributed by atoms with Crippen LogP contribution >= 0.6 is 0 Å². The Bertz CT molecular complexity index is 477. The highest BCUT2D eigenvalue weighted by Gasteiger charge is 2.45. The van der Waals surface area contributed by atoms with E-state index in [1.165, 1.54) is 12.1 Å². The Morgan fingerprint density at radius 2 is 2.26 bits per heavy atom. The number of hydrogen-bond acceptors (Lipinski definition) is 2. The van der Waals surface area contributed by atoms with E-state index >= 15 is 0 Å². The number of benzene rings is 1. The van der Waals surface area contributed by atoms with E-state index in [0.717, 1.165) is 6.07 Å². The summed E-state index contributed by atoms with van der Waals surface area (Å²) in [7, 11) is 0. The quantitative estimate of drug-likeness (QED) is 0.858. The van der Waals surface area contributed by atoms with E-state index < -0.39 is 17.7 Å². The zero-order valence-corrected chi connectivity index (χ0v) is 10.7. The van der Waals surface area contributed by atoms with Crippen molar-refractivity contribution < 1.29 is 18.7 Å². The standard InChI is InChI=1S/C14H17F2NO2/c1-8(18)5-6-17-14(19)11-7-10(11)9-3-2-4-12(15)13(9)16/h2-4,8,10-11,18H,5-7H2,1H3,(H,17,19). The zero-order chi connectivity index (χ0) is 14.0. The third-order valence-corrected chi connectivity index (χ3v) is 3.37. The van der Waals surface area contributed by atoms with Crippen LogP contribution in [0.4, 0.5) is 8.78 Å². The number of amides is 1. The molecule has 3 atom stereocenters. The van der Waals surface area contributed by atoms with Crippen molar-refractivity contribution in [3.05, 3.63) is 35.4 Å². The molecule has 0 heterocycles. The van der Waals surface area contributed by atoms with E-state index in [9.17, 15) is 13.6 Å². The van der Waals surface area contributed by atoms with Gasteiger partial charge in [-0.3, -0.25) is 4.79 Å². The molecule has 2 N–H and O–H groups in total. The molecule has 1 aromatic carbocycles. The van der Waals surface area contributed by atoms with Crippen LogP contribution in [0.25, 0.3) is 0 Å². The van der Waals surface area contributed by atoms with E-state index in [0.29, 0.717) is 19.4 Å². The highest BCUT2D eigenvalue weighted by Crippen LogP contribution is 2.48. The Hall–Kier alpha value is -1.49. The van der Waals surface area contributed by atoms with Gasteiger partial charge in [-0.05, 0) is 37.3 Å². The topological polar surface area (TPSA) is 49.3 Å². The molecule has 3 unspecified atom stereocenters. The molecule has 1 aliphatic carbocycles. The number of hydrogen-bond donors (Lipinski definition) is 2. The molecule has 1 aromatic rings. The Balaban J connectivity index is 1.90. The van der Waals surface area contributed by atoms with Crippen LogP contribution in [-0.4, -0.2) is 23.7 Å². The summed E-state index contributed by atoms with van der Waals surface area (Å²) in [6.07, 6.45) is 0.564. The Kier molecular flexibility index (Phi) is 4.14. The van der Waals surface area contributed by atoms with Crippen LogP contribution in [0.5, 0.6) is 0 Å². The highest BCUT2D eigenvalue weighted by atomic mass is 19.2. The molecule has 0 saturated heterocycles. The maximum Gasteiger partial charge on any atom is 0.223 e. The van der Waals surface area contributed by atoms with E-state index in [-0.39, 0.29) is 23.3 Å². The van der Waals surface area contributed by atoms with Crippen LogP contribution in [-0.2, 0) is 4.79 Å². The molecule has 0 aromatic heterocycles. The van der Waals surface area contributed by atoms with Crippen molar-refractivity contribution in [2.24, 2.45) is 5.92 Å². The molecule has 3 nitrogen and oxygen atoms in total. The summed E-state index contributed by atoms with van der Waals surface area (Å²) in [4.78, 5) is 11.8. The van der Waals surface area contributed by atoms with Gasteiger partial charge in [-0.25, -0.2) is 8.78 Å².